The number of ether oxygens (including phenoxy) is 1. The molecular formula is C13H13BrN2O2. The molecule has 0 amide bonds. The van der Waals surface area contributed by atoms with E-state index in [-0.39, 0.29) is 5.78 Å². The van der Waals surface area contributed by atoms with Crippen molar-refractivity contribution in [2.75, 3.05) is 7.11 Å². The van der Waals surface area contributed by atoms with Gasteiger partial charge in [0.2, 0.25) is 0 Å². The van der Waals surface area contributed by atoms with Gasteiger partial charge in [0, 0.05) is 29.7 Å². The fourth-order valence-electron chi connectivity index (χ4n) is 1.80. The first-order valence-electron chi connectivity index (χ1n) is 5.45. The summed E-state index contributed by atoms with van der Waals surface area (Å²) in [5.41, 5.74) is 1.45. The average Bonchev–Trinajstić information content (AvgIpc) is 2.76. The summed E-state index contributed by atoms with van der Waals surface area (Å²) in [5.74, 6) is 0.736. The van der Waals surface area contributed by atoms with E-state index in [1.54, 1.807) is 31.1 Å². The lowest BCUT2D eigenvalue weighted by Gasteiger charge is -2.08. The molecule has 0 bridgehead atoms. The van der Waals surface area contributed by atoms with Crippen molar-refractivity contribution in [2.24, 2.45) is 7.05 Å². The summed E-state index contributed by atoms with van der Waals surface area (Å²) in [6.07, 6.45) is 1.91. The summed E-state index contributed by atoms with van der Waals surface area (Å²) in [7, 11) is 3.35. The van der Waals surface area contributed by atoms with Gasteiger partial charge in [0.05, 0.1) is 7.11 Å². The standard InChI is InChI=1S/C13H13BrN2O2/c1-16-11(5-6-15-16)12(17)8-9-7-10(14)3-4-13(9)18-2/h3-7H,8H2,1-2H3. The fraction of sp³-hybridized carbons (Fsp3) is 0.231. The zero-order chi connectivity index (χ0) is 13.1. The van der Waals surface area contributed by atoms with Gasteiger partial charge in [0.25, 0.3) is 0 Å². The van der Waals surface area contributed by atoms with Crippen molar-refractivity contribution in [1.29, 1.82) is 0 Å². The molecule has 2 aromatic rings. The fourth-order valence-corrected chi connectivity index (χ4v) is 2.20. The molecule has 0 aliphatic carbocycles. The molecule has 1 heterocycles. The third-order valence-corrected chi connectivity index (χ3v) is 3.19. The zero-order valence-corrected chi connectivity index (χ0v) is 11.8. The van der Waals surface area contributed by atoms with Crippen molar-refractivity contribution in [2.45, 2.75) is 6.42 Å². The van der Waals surface area contributed by atoms with Crippen molar-refractivity contribution >= 4 is 21.7 Å². The molecule has 0 saturated carbocycles. The number of ketones is 1. The maximum atomic E-state index is 12.1. The number of aromatic nitrogens is 2. The number of benzene rings is 1. The van der Waals surface area contributed by atoms with Crippen molar-refractivity contribution < 1.29 is 9.53 Å². The van der Waals surface area contributed by atoms with Crippen molar-refractivity contribution in [1.82, 2.24) is 9.78 Å². The Balaban J connectivity index is 2.27. The molecule has 0 aliphatic rings. The number of rotatable bonds is 4. The van der Waals surface area contributed by atoms with Crippen LogP contribution in [0.1, 0.15) is 16.1 Å². The van der Waals surface area contributed by atoms with Crippen molar-refractivity contribution in [3.8, 4) is 5.75 Å². The average molecular weight is 309 g/mol. The number of hydrogen-bond donors (Lipinski definition) is 0. The minimum atomic E-state index is 0.0198. The largest absolute Gasteiger partial charge is 0.496 e. The predicted molar refractivity (Wildman–Crippen MR) is 71.9 cm³/mol. The van der Waals surface area contributed by atoms with Crippen LogP contribution in [-0.4, -0.2) is 22.7 Å². The number of carbonyl (C=O) groups excluding carboxylic acids is 1. The number of Topliss-reactive ketones (excluding diaryl/α,β-unsaturated/α-hetero) is 1. The Kier molecular flexibility index (Phi) is 3.81. The Morgan fingerprint density at radius 3 is 2.83 bits per heavy atom. The van der Waals surface area contributed by atoms with Crippen LogP contribution in [0.15, 0.2) is 34.9 Å². The third-order valence-electron chi connectivity index (χ3n) is 2.70. The van der Waals surface area contributed by atoms with Gasteiger partial charge in [-0.05, 0) is 24.3 Å². The molecule has 4 nitrogen and oxygen atoms in total. The van der Waals surface area contributed by atoms with Gasteiger partial charge in [-0.3, -0.25) is 9.48 Å². The highest BCUT2D eigenvalue weighted by atomic mass is 79.9. The van der Waals surface area contributed by atoms with Crippen LogP contribution in [0.25, 0.3) is 0 Å². The van der Waals surface area contributed by atoms with Gasteiger partial charge in [0.15, 0.2) is 5.78 Å². The highest BCUT2D eigenvalue weighted by molar-refractivity contribution is 9.10. The molecule has 5 heteroatoms. The van der Waals surface area contributed by atoms with Crippen LogP contribution < -0.4 is 4.74 Å². The molecule has 0 fully saturated rings. The molecule has 2 rings (SSSR count). The number of methoxy groups -OCH3 is 1. The molecule has 94 valence electrons. The molecule has 0 radical (unpaired) electrons. The Bertz CT molecular complexity index is 578. The maximum absolute atomic E-state index is 12.1. The second-order valence-corrected chi connectivity index (χ2v) is 4.81. The number of halogens is 1. The molecule has 0 aliphatic heterocycles. The lowest BCUT2D eigenvalue weighted by atomic mass is 10.1. The lowest BCUT2D eigenvalue weighted by Crippen LogP contribution is -2.10. The number of hydrogen-bond acceptors (Lipinski definition) is 3. The first-order chi connectivity index (χ1) is 8.61. The van der Waals surface area contributed by atoms with Crippen LogP contribution in [0, 0.1) is 0 Å². The molecule has 0 unspecified atom stereocenters. The highest BCUT2D eigenvalue weighted by Crippen LogP contribution is 2.24. The first kappa shape index (κ1) is 12.8. The number of aryl methyl sites for hydroxylation is 1. The van der Waals surface area contributed by atoms with E-state index in [4.69, 9.17) is 4.74 Å². The van der Waals surface area contributed by atoms with Gasteiger partial charge in [-0.1, -0.05) is 15.9 Å². The summed E-state index contributed by atoms with van der Waals surface area (Å²) < 4.78 is 7.76. The minimum Gasteiger partial charge on any atom is -0.496 e. The van der Waals surface area contributed by atoms with Gasteiger partial charge in [-0.15, -0.1) is 0 Å². The Labute approximate surface area is 114 Å². The van der Waals surface area contributed by atoms with E-state index < -0.39 is 0 Å². The van der Waals surface area contributed by atoms with Crippen molar-refractivity contribution in [3.63, 3.8) is 0 Å². The van der Waals surface area contributed by atoms with E-state index in [0.29, 0.717) is 17.9 Å². The smallest absolute Gasteiger partial charge is 0.185 e. The van der Waals surface area contributed by atoms with E-state index in [9.17, 15) is 4.79 Å². The predicted octanol–water partition coefficient (Wildman–Crippen LogP) is 2.62. The number of carbonyl (C=O) groups is 1. The van der Waals surface area contributed by atoms with E-state index in [1.165, 1.54) is 0 Å². The maximum Gasteiger partial charge on any atom is 0.185 e. The minimum absolute atomic E-state index is 0.0198. The van der Waals surface area contributed by atoms with Gasteiger partial charge >= 0.3 is 0 Å². The highest BCUT2D eigenvalue weighted by Gasteiger charge is 2.14. The van der Waals surface area contributed by atoms with E-state index >= 15 is 0 Å². The summed E-state index contributed by atoms with van der Waals surface area (Å²) in [6.45, 7) is 0. The summed E-state index contributed by atoms with van der Waals surface area (Å²) in [5, 5.41) is 3.99. The van der Waals surface area contributed by atoms with Gasteiger partial charge in [0.1, 0.15) is 11.4 Å². The Hall–Kier alpha value is -1.62. The van der Waals surface area contributed by atoms with Crippen LogP contribution in [0.2, 0.25) is 0 Å². The quantitative estimate of drug-likeness (QED) is 0.816. The van der Waals surface area contributed by atoms with Crippen LogP contribution in [-0.2, 0) is 13.5 Å². The molecule has 18 heavy (non-hydrogen) atoms. The first-order valence-corrected chi connectivity index (χ1v) is 6.24. The monoisotopic (exact) mass is 308 g/mol. The van der Waals surface area contributed by atoms with Gasteiger partial charge in [-0.25, -0.2) is 0 Å². The van der Waals surface area contributed by atoms with E-state index in [0.717, 1.165) is 10.0 Å². The van der Waals surface area contributed by atoms with Crippen molar-refractivity contribution in [3.05, 3.63) is 46.2 Å². The van der Waals surface area contributed by atoms with Crippen LogP contribution in [0.5, 0.6) is 5.75 Å². The second kappa shape index (κ2) is 5.35. The summed E-state index contributed by atoms with van der Waals surface area (Å²) >= 11 is 3.39. The van der Waals surface area contributed by atoms with E-state index in [2.05, 4.69) is 21.0 Å². The molecule has 1 aromatic carbocycles. The van der Waals surface area contributed by atoms with Gasteiger partial charge < -0.3 is 4.74 Å². The molecule has 0 spiro atoms. The van der Waals surface area contributed by atoms with Crippen LogP contribution in [0.4, 0.5) is 0 Å². The SMILES string of the molecule is COc1ccc(Br)cc1CC(=O)c1ccnn1C. The van der Waals surface area contributed by atoms with E-state index in [1.807, 2.05) is 18.2 Å². The lowest BCUT2D eigenvalue weighted by molar-refractivity contribution is 0.0983. The Morgan fingerprint density at radius 2 is 2.22 bits per heavy atom. The second-order valence-electron chi connectivity index (χ2n) is 3.90. The Morgan fingerprint density at radius 1 is 1.44 bits per heavy atom. The van der Waals surface area contributed by atoms with Crippen LogP contribution in [0.3, 0.4) is 0 Å². The molecule has 0 saturated heterocycles. The molecule has 1 aromatic heterocycles. The summed E-state index contributed by atoms with van der Waals surface area (Å²) in [6, 6.07) is 7.34. The molecular weight excluding hydrogens is 296 g/mol. The van der Waals surface area contributed by atoms with Gasteiger partial charge in [-0.2, -0.15) is 5.10 Å². The summed E-state index contributed by atoms with van der Waals surface area (Å²) in [4.78, 5) is 12.1. The topological polar surface area (TPSA) is 44.1 Å². The zero-order valence-electron chi connectivity index (χ0n) is 10.2. The number of nitrogens with zero attached hydrogens (tertiary/aromatic N) is 2. The molecule has 0 atom stereocenters. The molecule has 0 N–H and O–H groups in total. The normalized spacial score (nSPS) is 10.4. The third kappa shape index (κ3) is 2.61. The van der Waals surface area contributed by atoms with Crippen LogP contribution >= 0.6 is 15.9 Å².